The molecule has 0 saturated heterocycles. The van der Waals surface area contributed by atoms with Crippen LogP contribution in [0, 0.1) is 10.5 Å². The predicted octanol–water partition coefficient (Wildman–Crippen LogP) is 4.64. The molecule has 0 aliphatic rings. The van der Waals surface area contributed by atoms with Crippen LogP contribution in [-0.4, -0.2) is 33.5 Å². The molecule has 0 radical (unpaired) electrons. The van der Waals surface area contributed by atoms with Crippen LogP contribution in [0.4, 0.5) is 5.69 Å². The molecule has 0 atom stereocenters. The molecule has 0 fully saturated rings. The molecular weight excluding hydrogens is 511 g/mol. The summed E-state index contributed by atoms with van der Waals surface area (Å²) < 4.78 is 8.42. The number of halogens is 1. The van der Waals surface area contributed by atoms with Crippen molar-refractivity contribution < 1.29 is 9.53 Å². The van der Waals surface area contributed by atoms with Crippen molar-refractivity contribution in [1.29, 1.82) is 0 Å². The van der Waals surface area contributed by atoms with Gasteiger partial charge in [-0.3, -0.25) is 4.79 Å². The summed E-state index contributed by atoms with van der Waals surface area (Å²) in [6.07, 6.45) is 2.79. The molecule has 3 aromatic rings. The Morgan fingerprint density at radius 1 is 1.17 bits per heavy atom. The van der Waals surface area contributed by atoms with Crippen LogP contribution in [0.3, 0.4) is 0 Å². The minimum absolute atomic E-state index is 0.0550. The molecule has 158 valence electrons. The highest BCUT2D eigenvalue weighted by atomic mass is 127. The third-order valence-corrected chi connectivity index (χ3v) is 6.45. The van der Waals surface area contributed by atoms with Gasteiger partial charge in [0, 0.05) is 22.7 Å². The molecule has 1 amide bonds. The Morgan fingerprint density at radius 2 is 1.93 bits per heavy atom. The first-order valence-corrected chi connectivity index (χ1v) is 11.7. The summed E-state index contributed by atoms with van der Waals surface area (Å²) in [6, 6.07) is 14.0. The van der Waals surface area contributed by atoms with Crippen LogP contribution < -0.4 is 10.1 Å². The largest absolute Gasteiger partial charge is 0.496 e. The van der Waals surface area contributed by atoms with E-state index in [4.69, 9.17) is 4.74 Å². The summed E-state index contributed by atoms with van der Waals surface area (Å²) in [6.45, 7) is 2.06. The van der Waals surface area contributed by atoms with Gasteiger partial charge >= 0.3 is 0 Å². The van der Waals surface area contributed by atoms with Gasteiger partial charge in [-0.05, 0) is 83.8 Å². The topological polar surface area (TPSA) is 69.0 Å². The zero-order valence-electron chi connectivity index (χ0n) is 17.3. The van der Waals surface area contributed by atoms with Gasteiger partial charge in [0.1, 0.15) is 11.6 Å². The van der Waals surface area contributed by atoms with E-state index in [1.54, 1.807) is 7.11 Å². The molecule has 0 aliphatic heterocycles. The molecule has 1 aromatic heterocycles. The first kappa shape index (κ1) is 22.6. The number of hydrogen-bond donors (Lipinski definition) is 1. The Morgan fingerprint density at radius 3 is 2.63 bits per heavy atom. The van der Waals surface area contributed by atoms with E-state index < -0.39 is 0 Å². The van der Waals surface area contributed by atoms with E-state index in [0.29, 0.717) is 5.75 Å². The monoisotopic (exact) mass is 536 g/mol. The van der Waals surface area contributed by atoms with Crippen molar-refractivity contribution in [1.82, 2.24) is 14.8 Å². The highest BCUT2D eigenvalue weighted by molar-refractivity contribution is 14.1. The first-order chi connectivity index (χ1) is 14.5. The van der Waals surface area contributed by atoms with Crippen LogP contribution in [0.25, 0.3) is 0 Å². The minimum Gasteiger partial charge on any atom is -0.496 e. The summed E-state index contributed by atoms with van der Waals surface area (Å²) >= 11 is 3.63. The molecule has 30 heavy (non-hydrogen) atoms. The number of nitrogens with one attached hydrogen (secondary N) is 1. The second-order valence-electron chi connectivity index (χ2n) is 6.96. The summed E-state index contributed by atoms with van der Waals surface area (Å²) in [5.41, 5.74) is 3.24. The highest BCUT2D eigenvalue weighted by Crippen LogP contribution is 2.21. The lowest BCUT2D eigenvalue weighted by Gasteiger charge is -2.08. The van der Waals surface area contributed by atoms with Crippen molar-refractivity contribution in [2.75, 3.05) is 18.2 Å². The summed E-state index contributed by atoms with van der Waals surface area (Å²) in [4.78, 5) is 12.2. The third kappa shape index (κ3) is 6.21. The van der Waals surface area contributed by atoms with E-state index in [1.165, 1.54) is 17.3 Å². The number of amides is 1. The van der Waals surface area contributed by atoms with Crippen LogP contribution in [-0.2, 0) is 24.7 Å². The predicted molar refractivity (Wildman–Crippen MR) is 129 cm³/mol. The van der Waals surface area contributed by atoms with E-state index in [-0.39, 0.29) is 5.91 Å². The Balaban J connectivity index is 1.47. The second-order valence-corrected chi connectivity index (χ2v) is 9.15. The maximum atomic E-state index is 12.2. The van der Waals surface area contributed by atoms with Crippen LogP contribution in [0.1, 0.15) is 23.4 Å². The number of anilines is 1. The summed E-state index contributed by atoms with van der Waals surface area (Å²) in [5, 5.41) is 12.2. The van der Waals surface area contributed by atoms with Crippen LogP contribution in [0.15, 0.2) is 47.6 Å². The average molecular weight is 536 g/mol. The quantitative estimate of drug-likeness (QED) is 0.319. The molecule has 8 heteroatoms. The van der Waals surface area contributed by atoms with Gasteiger partial charge < -0.3 is 14.6 Å². The van der Waals surface area contributed by atoms with Gasteiger partial charge in [0.2, 0.25) is 5.91 Å². The van der Waals surface area contributed by atoms with Gasteiger partial charge in [-0.2, -0.15) is 0 Å². The van der Waals surface area contributed by atoms with E-state index in [9.17, 15) is 4.79 Å². The molecule has 6 nitrogen and oxygen atoms in total. The normalized spacial score (nSPS) is 10.8. The Bertz CT molecular complexity index is 1000. The minimum atomic E-state index is -0.0550. The van der Waals surface area contributed by atoms with Crippen molar-refractivity contribution in [2.45, 2.75) is 31.3 Å². The third-order valence-electron chi connectivity index (χ3n) is 4.71. The number of rotatable bonds is 9. The van der Waals surface area contributed by atoms with Crippen molar-refractivity contribution in [3.05, 3.63) is 63.0 Å². The Hall–Kier alpha value is -2.07. The molecule has 3 rings (SSSR count). The van der Waals surface area contributed by atoms with E-state index in [2.05, 4.69) is 57.2 Å². The number of hydrogen-bond acceptors (Lipinski definition) is 5. The van der Waals surface area contributed by atoms with E-state index >= 15 is 0 Å². The zero-order valence-corrected chi connectivity index (χ0v) is 20.3. The molecule has 1 N–H and O–H groups in total. The van der Waals surface area contributed by atoms with Crippen molar-refractivity contribution in [3.63, 3.8) is 0 Å². The molecule has 0 spiro atoms. The van der Waals surface area contributed by atoms with Crippen LogP contribution >= 0.6 is 34.4 Å². The summed E-state index contributed by atoms with van der Waals surface area (Å²) in [5.74, 6) is 2.09. The molecule has 2 aromatic carbocycles. The fourth-order valence-corrected chi connectivity index (χ4v) is 4.19. The lowest BCUT2D eigenvalue weighted by Crippen LogP contribution is -2.14. The first-order valence-electron chi connectivity index (χ1n) is 9.66. The van der Waals surface area contributed by atoms with Crippen LogP contribution in [0.5, 0.6) is 5.75 Å². The van der Waals surface area contributed by atoms with Gasteiger partial charge in [0.05, 0.1) is 12.9 Å². The zero-order chi connectivity index (χ0) is 21.5. The van der Waals surface area contributed by atoms with E-state index in [1.807, 2.05) is 41.9 Å². The maximum Gasteiger partial charge on any atom is 0.234 e. The smallest absolute Gasteiger partial charge is 0.234 e. The fraction of sp³-hybridized carbons (Fsp3) is 0.318. The lowest BCUT2D eigenvalue weighted by molar-refractivity contribution is -0.113. The van der Waals surface area contributed by atoms with Crippen molar-refractivity contribution in [3.8, 4) is 5.75 Å². The Labute approximate surface area is 195 Å². The molecular formula is C22H25IN4O2S. The van der Waals surface area contributed by atoms with Gasteiger partial charge in [-0.1, -0.05) is 23.9 Å². The number of carbonyl (C=O) groups is 1. The van der Waals surface area contributed by atoms with Gasteiger partial charge in [0.15, 0.2) is 5.16 Å². The van der Waals surface area contributed by atoms with Gasteiger partial charge in [-0.15, -0.1) is 10.2 Å². The molecule has 0 unspecified atom stereocenters. The highest BCUT2D eigenvalue weighted by Gasteiger charge is 2.12. The van der Waals surface area contributed by atoms with Crippen molar-refractivity contribution in [2.24, 2.45) is 7.05 Å². The number of thioether (sulfide) groups is 1. The van der Waals surface area contributed by atoms with Crippen LogP contribution in [0.2, 0.25) is 0 Å². The number of methoxy groups -OCH3 is 1. The summed E-state index contributed by atoms with van der Waals surface area (Å²) in [7, 11) is 3.64. The average Bonchev–Trinajstić information content (AvgIpc) is 3.08. The number of aromatic nitrogens is 3. The fourth-order valence-electron chi connectivity index (χ4n) is 3.10. The number of carbonyl (C=O) groups excluding carboxylic acids is 1. The number of aryl methyl sites for hydroxylation is 3. The number of nitrogens with zero attached hydrogens (tertiary/aromatic N) is 3. The SMILES string of the molecule is COc1ccc(CCCc2nnc(SCC(=O)Nc3ccc(I)cc3)n2C)cc1C. The Kier molecular flexibility index (Phi) is 8.15. The van der Waals surface area contributed by atoms with Crippen molar-refractivity contribution >= 4 is 45.9 Å². The van der Waals surface area contributed by atoms with Gasteiger partial charge in [0.25, 0.3) is 0 Å². The van der Waals surface area contributed by atoms with Gasteiger partial charge in [-0.25, -0.2) is 0 Å². The second kappa shape index (κ2) is 10.8. The molecule has 0 saturated carbocycles. The number of benzene rings is 2. The lowest BCUT2D eigenvalue weighted by atomic mass is 10.0. The van der Waals surface area contributed by atoms with E-state index in [0.717, 1.165) is 50.8 Å². The number of ether oxygens (including phenoxy) is 1. The molecule has 1 heterocycles. The standard InChI is InChI=1S/C22H25IN4O2S/c1-15-13-16(7-12-19(15)29-3)5-4-6-20-25-26-22(27(20)2)30-14-21(28)24-18-10-8-17(23)9-11-18/h7-13H,4-6,14H2,1-3H3,(H,24,28). The molecule has 0 aliphatic carbocycles. The molecule has 0 bridgehead atoms. The maximum absolute atomic E-state index is 12.2.